The molecule has 66 valence electrons. The zero-order valence-corrected chi connectivity index (χ0v) is 7.14. The number of hydrogen-bond acceptors (Lipinski definition) is 1. The van der Waals surface area contributed by atoms with Crippen molar-refractivity contribution in [2.45, 2.75) is 6.92 Å². The number of halogens is 2. The Kier molecular flexibility index (Phi) is 4.84. The second-order valence-corrected chi connectivity index (χ2v) is 2.08. The van der Waals surface area contributed by atoms with Gasteiger partial charge in [-0.1, -0.05) is 12.7 Å². The molecule has 0 radical (unpaired) electrons. The molecule has 0 atom stereocenters. The van der Waals surface area contributed by atoms with Crippen molar-refractivity contribution in [1.29, 1.82) is 0 Å². The maximum Gasteiger partial charge on any atom is 0.134 e. The lowest BCUT2D eigenvalue weighted by Gasteiger charge is -1.92. The van der Waals surface area contributed by atoms with Gasteiger partial charge in [-0.2, -0.15) is 0 Å². The minimum Gasteiger partial charge on any atom is -0.296 e. The predicted molar refractivity (Wildman–Crippen MR) is 47.6 cm³/mol. The van der Waals surface area contributed by atoms with Crippen molar-refractivity contribution in [3.8, 4) is 0 Å². The predicted octanol–water partition coefficient (Wildman–Crippen LogP) is 2.97. The highest BCUT2D eigenvalue weighted by Gasteiger charge is 1.98. The third-order valence-electron chi connectivity index (χ3n) is 1.13. The minimum atomic E-state index is -0.712. The summed E-state index contributed by atoms with van der Waals surface area (Å²) >= 11 is 0. The van der Waals surface area contributed by atoms with Crippen LogP contribution in [0, 0.1) is 0 Å². The molecule has 0 aliphatic heterocycles. The molecule has 12 heavy (non-hydrogen) atoms. The first-order valence-electron chi connectivity index (χ1n) is 3.42. The normalized spacial score (nSPS) is 14.0. The van der Waals surface area contributed by atoms with E-state index in [4.69, 9.17) is 0 Å². The molecule has 0 spiro atoms. The molecule has 3 heteroatoms. The minimum absolute atomic E-state index is 0.0644. The molecule has 0 fully saturated rings. The monoisotopic (exact) mass is 171 g/mol. The Balaban J connectivity index is 4.48. The van der Waals surface area contributed by atoms with Crippen molar-refractivity contribution in [3.05, 3.63) is 36.0 Å². The van der Waals surface area contributed by atoms with E-state index in [-0.39, 0.29) is 5.57 Å². The first-order valence-corrected chi connectivity index (χ1v) is 3.42. The molecule has 0 aromatic rings. The van der Waals surface area contributed by atoms with Gasteiger partial charge in [-0.25, -0.2) is 8.78 Å². The van der Waals surface area contributed by atoms with Crippen LogP contribution >= 0.6 is 0 Å². The maximum absolute atomic E-state index is 12.8. The summed E-state index contributed by atoms with van der Waals surface area (Å²) < 4.78 is 25.3. The summed E-state index contributed by atoms with van der Waals surface area (Å²) in [7, 11) is 1.49. The van der Waals surface area contributed by atoms with Crippen LogP contribution in [0.2, 0.25) is 0 Å². The van der Waals surface area contributed by atoms with Gasteiger partial charge in [0.05, 0.1) is 0 Å². The van der Waals surface area contributed by atoms with Gasteiger partial charge in [0, 0.05) is 24.9 Å². The Morgan fingerprint density at radius 3 is 2.42 bits per heavy atom. The zero-order chi connectivity index (χ0) is 9.56. The van der Waals surface area contributed by atoms with E-state index < -0.39 is 11.7 Å². The van der Waals surface area contributed by atoms with Crippen LogP contribution in [0.3, 0.4) is 0 Å². The summed E-state index contributed by atoms with van der Waals surface area (Å²) in [6.45, 7) is 4.83. The van der Waals surface area contributed by atoms with Crippen LogP contribution in [0.1, 0.15) is 6.92 Å². The van der Waals surface area contributed by atoms with Crippen molar-refractivity contribution in [1.82, 2.24) is 0 Å². The van der Waals surface area contributed by atoms with Gasteiger partial charge >= 0.3 is 0 Å². The SMILES string of the molecule is C=C(C=NC)/C(F)=C\C(F)=C/C. The van der Waals surface area contributed by atoms with E-state index >= 15 is 0 Å². The van der Waals surface area contributed by atoms with Crippen molar-refractivity contribution in [2.75, 3.05) is 7.05 Å². The summed E-state index contributed by atoms with van der Waals surface area (Å²) in [6, 6.07) is 0. The van der Waals surface area contributed by atoms with Gasteiger partial charge in [0.15, 0.2) is 0 Å². The zero-order valence-electron chi connectivity index (χ0n) is 7.14. The highest BCUT2D eigenvalue weighted by molar-refractivity contribution is 5.82. The topological polar surface area (TPSA) is 12.4 Å². The molecule has 0 saturated carbocycles. The third-order valence-corrected chi connectivity index (χ3v) is 1.13. The average Bonchev–Trinajstić information content (AvgIpc) is 2.04. The molecule has 0 heterocycles. The lowest BCUT2D eigenvalue weighted by molar-refractivity contribution is 0.627. The Labute approximate surface area is 70.8 Å². The standard InChI is InChI=1S/C9H11F2N/c1-4-8(10)5-9(11)7(2)6-12-3/h4-6H,2H2,1,3H3/b8-4+,9-5+,12-6?. The van der Waals surface area contributed by atoms with Crippen LogP contribution in [-0.2, 0) is 0 Å². The van der Waals surface area contributed by atoms with Gasteiger partial charge in [-0.3, -0.25) is 4.99 Å². The molecule has 0 bridgehead atoms. The average molecular weight is 171 g/mol. The van der Waals surface area contributed by atoms with Crippen LogP contribution in [0.5, 0.6) is 0 Å². The molecule has 0 aliphatic rings. The largest absolute Gasteiger partial charge is 0.296 e. The Morgan fingerprint density at radius 1 is 1.42 bits per heavy atom. The lowest BCUT2D eigenvalue weighted by atomic mass is 10.2. The van der Waals surface area contributed by atoms with Gasteiger partial charge in [0.25, 0.3) is 0 Å². The lowest BCUT2D eigenvalue weighted by Crippen LogP contribution is -1.83. The van der Waals surface area contributed by atoms with E-state index in [0.29, 0.717) is 0 Å². The van der Waals surface area contributed by atoms with E-state index in [1.165, 1.54) is 20.2 Å². The molecule has 1 nitrogen and oxygen atoms in total. The second kappa shape index (κ2) is 5.41. The number of allylic oxidation sites excluding steroid dienone is 5. The van der Waals surface area contributed by atoms with E-state index in [9.17, 15) is 8.78 Å². The molecular weight excluding hydrogens is 160 g/mol. The molecule has 0 unspecified atom stereocenters. The number of nitrogens with zero attached hydrogens (tertiary/aromatic N) is 1. The smallest absolute Gasteiger partial charge is 0.134 e. The van der Waals surface area contributed by atoms with Crippen molar-refractivity contribution >= 4 is 6.21 Å². The first kappa shape index (κ1) is 10.8. The second-order valence-electron chi connectivity index (χ2n) is 2.08. The summed E-state index contributed by atoms with van der Waals surface area (Å²) in [5, 5.41) is 0. The van der Waals surface area contributed by atoms with Crippen LogP contribution in [0.4, 0.5) is 8.78 Å². The highest BCUT2D eigenvalue weighted by Crippen LogP contribution is 2.11. The van der Waals surface area contributed by atoms with Gasteiger partial charge in [0.2, 0.25) is 0 Å². The fourth-order valence-electron chi connectivity index (χ4n) is 0.515. The molecule has 0 aromatic heterocycles. The number of aliphatic imine (C=N–C) groups is 1. The quantitative estimate of drug-likeness (QED) is 0.457. The van der Waals surface area contributed by atoms with Gasteiger partial charge < -0.3 is 0 Å². The highest BCUT2D eigenvalue weighted by atomic mass is 19.1. The van der Waals surface area contributed by atoms with E-state index in [1.54, 1.807) is 0 Å². The molecular formula is C9H11F2N. The van der Waals surface area contributed by atoms with Gasteiger partial charge in [0.1, 0.15) is 11.7 Å². The first-order chi connectivity index (χ1) is 5.61. The number of hydrogen-bond donors (Lipinski definition) is 0. The van der Waals surface area contributed by atoms with Crippen LogP contribution in [0.25, 0.3) is 0 Å². The van der Waals surface area contributed by atoms with Gasteiger partial charge in [-0.15, -0.1) is 0 Å². The van der Waals surface area contributed by atoms with Crippen molar-refractivity contribution < 1.29 is 8.78 Å². The van der Waals surface area contributed by atoms with E-state index in [1.807, 2.05) is 0 Å². The van der Waals surface area contributed by atoms with Crippen molar-refractivity contribution in [3.63, 3.8) is 0 Å². The summed E-state index contributed by atoms with van der Waals surface area (Å²) in [4.78, 5) is 3.54. The van der Waals surface area contributed by atoms with Gasteiger partial charge in [-0.05, 0) is 6.92 Å². The molecule has 0 rings (SSSR count). The summed E-state index contributed by atoms with van der Waals surface area (Å²) in [5.74, 6) is -1.34. The molecule has 0 aromatic carbocycles. The van der Waals surface area contributed by atoms with Crippen LogP contribution < -0.4 is 0 Å². The molecule has 0 amide bonds. The summed E-state index contributed by atoms with van der Waals surface area (Å²) in [6.07, 6.45) is 3.16. The van der Waals surface area contributed by atoms with Crippen LogP contribution in [0.15, 0.2) is 41.0 Å². The van der Waals surface area contributed by atoms with Crippen molar-refractivity contribution in [2.24, 2.45) is 4.99 Å². The molecule has 0 saturated heterocycles. The third kappa shape index (κ3) is 3.81. The fourth-order valence-corrected chi connectivity index (χ4v) is 0.515. The van der Waals surface area contributed by atoms with E-state index in [2.05, 4.69) is 11.6 Å². The number of rotatable bonds is 3. The van der Waals surface area contributed by atoms with E-state index in [0.717, 1.165) is 12.2 Å². The molecule has 0 N–H and O–H groups in total. The fraction of sp³-hybridized carbons (Fsp3) is 0.222. The summed E-state index contributed by atoms with van der Waals surface area (Å²) in [5.41, 5.74) is 0.0644. The molecule has 0 aliphatic carbocycles. The Morgan fingerprint density at radius 2 is 2.00 bits per heavy atom. The Hall–Kier alpha value is -1.25. The maximum atomic E-state index is 12.8. The Bertz CT molecular complexity index is 249. The van der Waals surface area contributed by atoms with Crippen LogP contribution in [-0.4, -0.2) is 13.3 Å².